The van der Waals surface area contributed by atoms with Crippen LogP contribution in [-0.2, 0) is 17.3 Å². The summed E-state index contributed by atoms with van der Waals surface area (Å²) in [5.41, 5.74) is 0.614. The molecular weight excluding hydrogens is 320 g/mol. The molecule has 0 bridgehead atoms. The van der Waals surface area contributed by atoms with Crippen molar-refractivity contribution in [3.05, 3.63) is 64.7 Å². The number of Topliss-reactive ketones (excluding diaryl/α,β-unsaturated/α-hetero) is 1. The van der Waals surface area contributed by atoms with E-state index >= 15 is 0 Å². The predicted molar refractivity (Wildman–Crippen MR) is 83.0 cm³/mol. The van der Waals surface area contributed by atoms with E-state index in [2.05, 4.69) is 0 Å². The number of carbonyl (C=O) groups is 1. The van der Waals surface area contributed by atoms with Crippen molar-refractivity contribution >= 4 is 18.4 Å². The predicted octanol–water partition coefficient (Wildman–Crippen LogP) is 2.91. The Labute approximate surface area is 137 Å². The Hall–Kier alpha value is -2.12. The van der Waals surface area contributed by atoms with Crippen LogP contribution in [0.2, 0.25) is 0 Å². The van der Waals surface area contributed by atoms with E-state index in [0.29, 0.717) is 11.0 Å². The molecule has 2 aromatic rings. The Morgan fingerprint density at radius 1 is 1.25 bits per heavy atom. The van der Waals surface area contributed by atoms with Crippen molar-refractivity contribution in [3.8, 4) is 0 Å². The van der Waals surface area contributed by atoms with Gasteiger partial charge < -0.3 is 9.68 Å². The first-order chi connectivity index (χ1) is 11.3. The molecule has 7 heteroatoms. The molecule has 124 valence electrons. The number of carbonyl (C=O) groups excluding carboxylic acids is 1. The summed E-state index contributed by atoms with van der Waals surface area (Å²) in [6.07, 6.45) is -5.02. The van der Waals surface area contributed by atoms with Gasteiger partial charge in [-0.25, -0.2) is 0 Å². The van der Waals surface area contributed by atoms with Crippen LogP contribution >= 0.6 is 0 Å². The van der Waals surface area contributed by atoms with Gasteiger partial charge >= 0.3 is 13.3 Å². The number of alkyl halides is 3. The van der Waals surface area contributed by atoms with Gasteiger partial charge in [0, 0.05) is 12.0 Å². The highest BCUT2D eigenvalue weighted by Crippen LogP contribution is 2.32. The number of benzene rings is 2. The fraction of sp³-hybridized carbons (Fsp3) is 0.235. The molecule has 3 rings (SSSR count). The van der Waals surface area contributed by atoms with E-state index in [-0.39, 0.29) is 18.1 Å². The number of fused-ring (bicyclic) bond motifs is 1. The van der Waals surface area contributed by atoms with Crippen LogP contribution in [0.4, 0.5) is 13.2 Å². The van der Waals surface area contributed by atoms with Crippen LogP contribution in [-0.4, -0.2) is 17.9 Å². The van der Waals surface area contributed by atoms with Gasteiger partial charge in [0.25, 0.3) is 0 Å². The molecule has 0 saturated heterocycles. The van der Waals surface area contributed by atoms with E-state index in [1.807, 2.05) is 0 Å². The smallest absolute Gasteiger partial charge is 0.423 e. The third-order valence-electron chi connectivity index (χ3n) is 4.09. The Balaban J connectivity index is 1.88. The van der Waals surface area contributed by atoms with Crippen LogP contribution in [0.5, 0.6) is 0 Å². The molecule has 1 heterocycles. The Kier molecular flexibility index (Phi) is 4.23. The lowest BCUT2D eigenvalue weighted by Gasteiger charge is -2.12. The summed E-state index contributed by atoms with van der Waals surface area (Å²) in [4.78, 5) is 12.3. The van der Waals surface area contributed by atoms with Crippen LogP contribution in [0.15, 0.2) is 42.5 Å². The molecule has 1 aliphatic heterocycles. The zero-order valence-electron chi connectivity index (χ0n) is 12.8. The van der Waals surface area contributed by atoms with Crippen molar-refractivity contribution in [1.29, 1.82) is 0 Å². The standard InChI is InChI=1S/C17H14BF3O3/c1-10-12-7-6-11(8-15(12)18(23)24-10)9-16(22)13-4-2-3-5-14(13)17(19,20)21/h2-8,10,23H,9H2,1H3. The van der Waals surface area contributed by atoms with E-state index in [0.717, 1.165) is 11.6 Å². The van der Waals surface area contributed by atoms with Gasteiger partial charge in [0.1, 0.15) is 0 Å². The monoisotopic (exact) mass is 334 g/mol. The molecular formula is C17H14BF3O3. The number of ketones is 1. The molecule has 1 unspecified atom stereocenters. The third-order valence-corrected chi connectivity index (χ3v) is 4.09. The first kappa shape index (κ1) is 16.7. The molecule has 0 fully saturated rings. The second kappa shape index (κ2) is 6.07. The van der Waals surface area contributed by atoms with Crippen LogP contribution in [0.3, 0.4) is 0 Å². The third kappa shape index (κ3) is 3.09. The minimum Gasteiger partial charge on any atom is -0.423 e. The summed E-state index contributed by atoms with van der Waals surface area (Å²) in [5.74, 6) is -0.621. The van der Waals surface area contributed by atoms with Gasteiger partial charge in [0.05, 0.1) is 11.7 Å². The second-order valence-electron chi connectivity index (χ2n) is 5.74. The van der Waals surface area contributed by atoms with Crippen LogP contribution in [0, 0.1) is 0 Å². The normalized spacial score (nSPS) is 17.0. The summed E-state index contributed by atoms with van der Waals surface area (Å²) in [6, 6.07) is 9.75. The number of hydrogen-bond donors (Lipinski definition) is 1. The van der Waals surface area contributed by atoms with Crippen molar-refractivity contribution in [2.24, 2.45) is 0 Å². The van der Waals surface area contributed by atoms with Crippen molar-refractivity contribution in [2.45, 2.75) is 25.6 Å². The van der Waals surface area contributed by atoms with Gasteiger partial charge in [-0.05, 0) is 29.6 Å². The molecule has 1 N–H and O–H groups in total. The number of rotatable bonds is 3. The van der Waals surface area contributed by atoms with Crippen molar-refractivity contribution in [1.82, 2.24) is 0 Å². The molecule has 24 heavy (non-hydrogen) atoms. The topological polar surface area (TPSA) is 46.5 Å². The first-order valence-corrected chi connectivity index (χ1v) is 7.43. The Morgan fingerprint density at radius 3 is 2.67 bits per heavy atom. The lowest BCUT2D eigenvalue weighted by molar-refractivity contribution is -0.137. The number of halogens is 3. The van der Waals surface area contributed by atoms with E-state index < -0.39 is 24.6 Å². The zero-order valence-corrected chi connectivity index (χ0v) is 12.8. The maximum absolute atomic E-state index is 13.0. The van der Waals surface area contributed by atoms with Crippen molar-refractivity contribution in [2.75, 3.05) is 0 Å². The molecule has 2 aromatic carbocycles. The summed E-state index contributed by atoms with van der Waals surface area (Å²) in [6.45, 7) is 1.79. The minimum absolute atomic E-state index is 0.179. The molecule has 1 aliphatic rings. The van der Waals surface area contributed by atoms with Gasteiger partial charge in [0.2, 0.25) is 0 Å². The van der Waals surface area contributed by atoms with Crippen molar-refractivity contribution in [3.63, 3.8) is 0 Å². The quantitative estimate of drug-likeness (QED) is 0.694. The molecule has 3 nitrogen and oxygen atoms in total. The van der Waals surface area contributed by atoms with Gasteiger partial charge in [0.15, 0.2) is 5.78 Å². The summed E-state index contributed by atoms with van der Waals surface area (Å²) >= 11 is 0. The maximum Gasteiger partial charge on any atom is 0.491 e. The van der Waals surface area contributed by atoms with Gasteiger partial charge in [-0.1, -0.05) is 36.4 Å². The molecule has 0 aromatic heterocycles. The zero-order chi connectivity index (χ0) is 17.5. The Morgan fingerprint density at radius 2 is 1.96 bits per heavy atom. The molecule has 0 amide bonds. The summed E-state index contributed by atoms with van der Waals surface area (Å²) < 4.78 is 44.3. The SMILES string of the molecule is CC1OB(O)c2cc(CC(=O)c3ccccc3C(F)(F)F)ccc21. The molecule has 0 aliphatic carbocycles. The second-order valence-corrected chi connectivity index (χ2v) is 5.74. The molecule has 0 spiro atoms. The lowest BCUT2D eigenvalue weighted by atomic mass is 9.78. The minimum atomic E-state index is -4.58. The van der Waals surface area contributed by atoms with Gasteiger partial charge in [-0.15, -0.1) is 0 Å². The lowest BCUT2D eigenvalue weighted by Crippen LogP contribution is -2.28. The van der Waals surface area contributed by atoms with E-state index in [1.54, 1.807) is 25.1 Å². The van der Waals surface area contributed by atoms with Crippen molar-refractivity contribution < 1.29 is 27.6 Å². The summed E-state index contributed by atoms with van der Waals surface area (Å²) in [7, 11) is -1.08. The van der Waals surface area contributed by atoms with Crippen LogP contribution in [0.1, 0.15) is 40.1 Å². The largest absolute Gasteiger partial charge is 0.491 e. The van der Waals surface area contributed by atoms with Gasteiger partial charge in [-0.3, -0.25) is 4.79 Å². The van der Waals surface area contributed by atoms with E-state index in [4.69, 9.17) is 4.65 Å². The average molecular weight is 334 g/mol. The summed E-state index contributed by atoms with van der Waals surface area (Å²) in [5, 5.41) is 9.82. The highest BCUT2D eigenvalue weighted by Gasteiger charge is 2.35. The molecule has 1 atom stereocenters. The Bertz CT molecular complexity index is 789. The highest BCUT2D eigenvalue weighted by atomic mass is 19.4. The number of hydrogen-bond acceptors (Lipinski definition) is 3. The molecule has 0 radical (unpaired) electrons. The fourth-order valence-electron chi connectivity index (χ4n) is 2.91. The van der Waals surface area contributed by atoms with E-state index in [9.17, 15) is 23.0 Å². The van der Waals surface area contributed by atoms with Crippen LogP contribution in [0.25, 0.3) is 0 Å². The first-order valence-electron chi connectivity index (χ1n) is 7.43. The van der Waals surface area contributed by atoms with Gasteiger partial charge in [-0.2, -0.15) is 13.2 Å². The van der Waals surface area contributed by atoms with Crippen LogP contribution < -0.4 is 5.46 Å². The maximum atomic E-state index is 13.0. The van der Waals surface area contributed by atoms with E-state index in [1.165, 1.54) is 18.2 Å². The average Bonchev–Trinajstić information content (AvgIpc) is 2.81. The highest BCUT2D eigenvalue weighted by molar-refractivity contribution is 6.61. The fourth-order valence-corrected chi connectivity index (χ4v) is 2.91. The molecule has 0 saturated carbocycles.